The predicted octanol–water partition coefficient (Wildman–Crippen LogP) is 4.13. The number of carbonyl (C=O) groups excluding carboxylic acids is 1. The molecule has 2 aromatic rings. The van der Waals surface area contributed by atoms with Gasteiger partial charge < -0.3 is 21.7 Å². The van der Waals surface area contributed by atoms with Gasteiger partial charge in [-0.2, -0.15) is 13.2 Å². The molecular weight excluding hydrogens is 521 g/mol. The lowest BCUT2D eigenvalue weighted by molar-refractivity contribution is -0.114. The molecule has 0 aliphatic carbocycles. The molecule has 0 spiro atoms. The smallest absolute Gasteiger partial charge is 0.385 e. The van der Waals surface area contributed by atoms with Crippen molar-refractivity contribution in [2.45, 2.75) is 33.5 Å². The lowest BCUT2D eigenvalue weighted by atomic mass is 10.1. The molecule has 1 amide bonds. The Hall–Kier alpha value is -4.00. The molecule has 5 N–H and O–H groups in total. The summed E-state index contributed by atoms with van der Waals surface area (Å²) in [5.41, 5.74) is 7.85. The third kappa shape index (κ3) is 8.54. The van der Waals surface area contributed by atoms with Crippen molar-refractivity contribution >= 4 is 39.2 Å². The van der Waals surface area contributed by atoms with Gasteiger partial charge in [-0.1, -0.05) is 18.7 Å². The van der Waals surface area contributed by atoms with Crippen molar-refractivity contribution in [1.29, 1.82) is 0 Å². The number of aryl methyl sites for hydroxylation is 2. The predicted molar refractivity (Wildman–Crippen MR) is 145 cm³/mol. The zero-order chi connectivity index (χ0) is 28.8. The van der Waals surface area contributed by atoms with E-state index >= 15 is 0 Å². The molecule has 0 bridgehead atoms. The standard InChI is InChI=1S/C25H31F3N6O3S/c1-15-7-8-19(23(11-15)34(5)38(6,36)37)13-31-24(29)21(25(26,27)28)14-30-17(3)32-20-9-10-22(16(2)12-20)33-18(4)35/h7-12,14,31-32H,3,13,29H2,1-2,4-6H3,(H,33,35)/b24-21-,30-14-. The number of aliphatic imine (C=N–C) groups is 1. The molecule has 0 atom stereocenters. The van der Waals surface area contributed by atoms with Crippen molar-refractivity contribution in [2.24, 2.45) is 10.7 Å². The summed E-state index contributed by atoms with van der Waals surface area (Å²) >= 11 is 0. The fraction of sp³-hybridized carbons (Fsp3) is 0.280. The Morgan fingerprint density at radius 2 is 1.82 bits per heavy atom. The van der Waals surface area contributed by atoms with Crippen LogP contribution in [0.5, 0.6) is 0 Å². The number of alkyl halides is 3. The molecule has 9 nitrogen and oxygen atoms in total. The van der Waals surface area contributed by atoms with Gasteiger partial charge in [-0.25, -0.2) is 13.4 Å². The Balaban J connectivity index is 2.24. The molecule has 0 heterocycles. The molecule has 0 radical (unpaired) electrons. The molecule has 0 aliphatic heterocycles. The summed E-state index contributed by atoms with van der Waals surface area (Å²) in [5, 5.41) is 7.96. The molecule has 0 fully saturated rings. The number of nitrogens with one attached hydrogen (secondary N) is 3. The van der Waals surface area contributed by atoms with Crippen LogP contribution in [0.4, 0.5) is 30.2 Å². The summed E-state index contributed by atoms with van der Waals surface area (Å²) < 4.78 is 66.3. The highest BCUT2D eigenvalue weighted by atomic mass is 32.2. The quantitative estimate of drug-likeness (QED) is 0.328. The van der Waals surface area contributed by atoms with Gasteiger partial charge in [-0.3, -0.25) is 9.10 Å². The molecule has 0 saturated carbocycles. The molecule has 0 unspecified atom stereocenters. The highest BCUT2D eigenvalue weighted by Gasteiger charge is 2.35. The molecule has 2 rings (SSSR count). The average Bonchev–Trinajstić information content (AvgIpc) is 2.77. The molecule has 0 saturated heterocycles. The van der Waals surface area contributed by atoms with Crippen molar-refractivity contribution in [3.05, 3.63) is 76.9 Å². The minimum Gasteiger partial charge on any atom is -0.385 e. The lowest BCUT2D eigenvalue weighted by Crippen LogP contribution is -2.30. The molecule has 0 aliphatic rings. The normalized spacial score (nSPS) is 12.6. The van der Waals surface area contributed by atoms with Crippen molar-refractivity contribution < 1.29 is 26.4 Å². The Kier molecular flexibility index (Phi) is 9.57. The van der Waals surface area contributed by atoms with Gasteiger partial charge in [-0.15, -0.1) is 0 Å². The summed E-state index contributed by atoms with van der Waals surface area (Å²) in [7, 11) is -2.25. The number of rotatable bonds is 10. The zero-order valence-corrected chi connectivity index (χ0v) is 22.5. The zero-order valence-electron chi connectivity index (χ0n) is 21.7. The topological polar surface area (TPSA) is 129 Å². The van der Waals surface area contributed by atoms with Crippen molar-refractivity contribution in [3.63, 3.8) is 0 Å². The van der Waals surface area contributed by atoms with Gasteiger partial charge in [0.2, 0.25) is 15.9 Å². The second-order valence-corrected chi connectivity index (χ2v) is 10.6. The highest BCUT2D eigenvalue weighted by Crippen LogP contribution is 2.27. The third-order valence-corrected chi connectivity index (χ3v) is 6.51. The van der Waals surface area contributed by atoms with Gasteiger partial charge in [0.15, 0.2) is 0 Å². The number of nitrogens with zero attached hydrogens (tertiary/aromatic N) is 2. The first-order valence-electron chi connectivity index (χ1n) is 11.2. The summed E-state index contributed by atoms with van der Waals surface area (Å²) in [6.45, 7) is 8.35. The number of sulfonamides is 1. The van der Waals surface area contributed by atoms with E-state index in [9.17, 15) is 26.4 Å². The molecule has 0 aromatic heterocycles. The number of amides is 1. The van der Waals surface area contributed by atoms with E-state index in [2.05, 4.69) is 27.5 Å². The van der Waals surface area contributed by atoms with Gasteiger partial charge in [0.1, 0.15) is 17.2 Å². The van der Waals surface area contributed by atoms with Crippen molar-refractivity contribution in [3.8, 4) is 0 Å². The second kappa shape index (κ2) is 12.0. The molecule has 13 heteroatoms. The van der Waals surface area contributed by atoms with Gasteiger partial charge in [0, 0.05) is 38.1 Å². The van der Waals surface area contributed by atoms with E-state index in [0.29, 0.717) is 28.8 Å². The van der Waals surface area contributed by atoms with E-state index in [-0.39, 0.29) is 18.3 Å². The van der Waals surface area contributed by atoms with Crippen LogP contribution in [0.25, 0.3) is 0 Å². The van der Waals surface area contributed by atoms with Crippen LogP contribution in [-0.4, -0.2) is 40.0 Å². The number of carbonyl (C=O) groups is 1. The first kappa shape index (κ1) is 30.2. The Labute approximate surface area is 220 Å². The minimum atomic E-state index is -4.84. The number of hydrogen-bond acceptors (Lipinski definition) is 7. The fourth-order valence-corrected chi connectivity index (χ4v) is 3.82. The maximum absolute atomic E-state index is 13.8. The van der Waals surface area contributed by atoms with Crippen LogP contribution in [0.3, 0.4) is 0 Å². The monoisotopic (exact) mass is 552 g/mol. The summed E-state index contributed by atoms with van der Waals surface area (Å²) in [5.74, 6) is -1.01. The van der Waals surface area contributed by atoms with E-state index < -0.39 is 27.6 Å². The molecule has 206 valence electrons. The van der Waals surface area contributed by atoms with E-state index in [1.54, 1.807) is 50.2 Å². The minimum absolute atomic E-state index is 0.0816. The van der Waals surface area contributed by atoms with Crippen LogP contribution in [0.15, 0.2) is 65.2 Å². The number of halogens is 3. The van der Waals surface area contributed by atoms with Gasteiger partial charge in [0.05, 0.1) is 11.9 Å². The first-order chi connectivity index (χ1) is 17.5. The first-order valence-corrected chi connectivity index (χ1v) is 13.1. The summed E-state index contributed by atoms with van der Waals surface area (Å²) in [6.07, 6.45) is -3.26. The lowest BCUT2D eigenvalue weighted by Gasteiger charge is -2.22. The fourth-order valence-electron chi connectivity index (χ4n) is 3.29. The van der Waals surface area contributed by atoms with E-state index in [1.807, 2.05) is 0 Å². The molecule has 38 heavy (non-hydrogen) atoms. The Bertz CT molecular complexity index is 1390. The molecule has 2 aromatic carbocycles. The number of allylic oxidation sites excluding steroid dienone is 1. The van der Waals surface area contributed by atoms with Crippen molar-refractivity contribution in [1.82, 2.24) is 5.32 Å². The van der Waals surface area contributed by atoms with E-state index in [1.165, 1.54) is 14.0 Å². The second-order valence-electron chi connectivity index (χ2n) is 8.58. The van der Waals surface area contributed by atoms with Crippen LogP contribution in [-0.2, 0) is 21.4 Å². The van der Waals surface area contributed by atoms with Crippen LogP contribution >= 0.6 is 0 Å². The van der Waals surface area contributed by atoms with Crippen LogP contribution in [0, 0.1) is 13.8 Å². The maximum Gasteiger partial charge on any atom is 0.421 e. The van der Waals surface area contributed by atoms with Crippen LogP contribution in [0.2, 0.25) is 0 Å². The largest absolute Gasteiger partial charge is 0.421 e. The summed E-state index contributed by atoms with van der Waals surface area (Å²) in [4.78, 5) is 15.0. The average molecular weight is 553 g/mol. The molecular formula is C25H31F3N6O3S. The Morgan fingerprint density at radius 3 is 2.37 bits per heavy atom. The SMILES string of the molecule is C=C(/N=C\C(=C(/N)NCc1ccc(C)cc1N(C)S(C)(=O)=O)C(F)(F)F)Nc1ccc(NC(C)=O)c(C)c1. The number of nitrogens with two attached hydrogens (primary N) is 1. The third-order valence-electron chi connectivity index (χ3n) is 5.32. The van der Waals surface area contributed by atoms with E-state index in [0.717, 1.165) is 21.7 Å². The highest BCUT2D eigenvalue weighted by molar-refractivity contribution is 7.92. The number of benzene rings is 2. The number of hydrogen-bond donors (Lipinski definition) is 4. The van der Waals surface area contributed by atoms with Crippen LogP contribution in [0.1, 0.15) is 23.6 Å². The number of anilines is 3. The summed E-state index contributed by atoms with van der Waals surface area (Å²) in [6, 6.07) is 9.86. The van der Waals surface area contributed by atoms with Gasteiger partial charge in [-0.05, 0) is 54.8 Å². The van der Waals surface area contributed by atoms with Gasteiger partial charge >= 0.3 is 6.18 Å². The Morgan fingerprint density at radius 1 is 1.16 bits per heavy atom. The van der Waals surface area contributed by atoms with E-state index in [4.69, 9.17) is 5.73 Å². The van der Waals surface area contributed by atoms with Crippen molar-refractivity contribution in [2.75, 3.05) is 28.2 Å². The van der Waals surface area contributed by atoms with Crippen LogP contribution < -0.4 is 26.0 Å². The maximum atomic E-state index is 13.8. The van der Waals surface area contributed by atoms with Gasteiger partial charge in [0.25, 0.3) is 0 Å².